The standard InChI is InChI=1S/C25H27N3O4/c26-22(24(30)27-17-19-12-6-2-7-13-19)23(29)21(16-18-10-4-1-5-11-18)28-25(31)32-20-14-8-3-9-15-20/h1-15,21-23,29H,16-17,26H2,(H,27,30)(H,28,31)/t21-,22-,23-/m1/s1. The van der Waals surface area contributed by atoms with Gasteiger partial charge in [-0.15, -0.1) is 0 Å². The molecule has 166 valence electrons. The van der Waals surface area contributed by atoms with Crippen LogP contribution in [0.15, 0.2) is 91.0 Å². The number of rotatable bonds is 9. The summed E-state index contributed by atoms with van der Waals surface area (Å²) in [4.78, 5) is 25.0. The van der Waals surface area contributed by atoms with E-state index in [0.29, 0.717) is 5.75 Å². The van der Waals surface area contributed by atoms with Gasteiger partial charge in [-0.1, -0.05) is 78.9 Å². The lowest BCUT2D eigenvalue weighted by atomic mass is 9.96. The van der Waals surface area contributed by atoms with Crippen molar-refractivity contribution in [2.75, 3.05) is 0 Å². The van der Waals surface area contributed by atoms with Crippen LogP contribution in [0.4, 0.5) is 4.79 Å². The number of amides is 2. The Morgan fingerprint density at radius 1 is 0.844 bits per heavy atom. The summed E-state index contributed by atoms with van der Waals surface area (Å²) in [5.74, 6) is -0.152. The van der Waals surface area contributed by atoms with Gasteiger partial charge in [0.2, 0.25) is 5.91 Å². The van der Waals surface area contributed by atoms with Crippen molar-refractivity contribution in [3.63, 3.8) is 0 Å². The van der Waals surface area contributed by atoms with Crippen molar-refractivity contribution in [2.24, 2.45) is 5.73 Å². The SMILES string of the molecule is N[C@@H](C(=O)NCc1ccccc1)[C@H](O)[C@@H](Cc1ccccc1)NC(=O)Oc1ccccc1. The average Bonchev–Trinajstić information content (AvgIpc) is 2.83. The molecule has 2 amide bonds. The number of carbonyl (C=O) groups excluding carboxylic acids is 2. The van der Waals surface area contributed by atoms with Crippen LogP contribution in [0.5, 0.6) is 5.75 Å². The Morgan fingerprint density at radius 2 is 1.38 bits per heavy atom. The molecule has 3 rings (SSSR count). The molecule has 7 heteroatoms. The summed E-state index contributed by atoms with van der Waals surface area (Å²) < 4.78 is 5.28. The van der Waals surface area contributed by atoms with Crippen molar-refractivity contribution in [2.45, 2.75) is 31.2 Å². The molecule has 0 heterocycles. The Morgan fingerprint density at radius 3 is 1.97 bits per heavy atom. The minimum atomic E-state index is -1.34. The zero-order valence-corrected chi connectivity index (χ0v) is 17.6. The summed E-state index contributed by atoms with van der Waals surface area (Å²) in [6, 6.07) is 25.2. The smallest absolute Gasteiger partial charge is 0.410 e. The molecule has 5 N–H and O–H groups in total. The molecule has 0 aliphatic heterocycles. The number of hydrogen-bond donors (Lipinski definition) is 4. The number of para-hydroxylation sites is 1. The molecule has 3 atom stereocenters. The minimum Gasteiger partial charge on any atom is -0.410 e. The van der Waals surface area contributed by atoms with Crippen LogP contribution in [-0.4, -0.2) is 35.3 Å². The molecule has 0 radical (unpaired) electrons. The molecule has 0 aromatic heterocycles. The fourth-order valence-corrected chi connectivity index (χ4v) is 3.21. The van der Waals surface area contributed by atoms with E-state index in [4.69, 9.17) is 10.5 Å². The fourth-order valence-electron chi connectivity index (χ4n) is 3.21. The van der Waals surface area contributed by atoms with Crippen molar-refractivity contribution in [3.05, 3.63) is 102 Å². The van der Waals surface area contributed by atoms with Gasteiger partial charge in [0, 0.05) is 6.54 Å². The van der Waals surface area contributed by atoms with Crippen molar-refractivity contribution in [3.8, 4) is 5.75 Å². The first-order valence-electron chi connectivity index (χ1n) is 10.4. The topological polar surface area (TPSA) is 114 Å². The highest BCUT2D eigenvalue weighted by atomic mass is 16.6. The van der Waals surface area contributed by atoms with E-state index < -0.39 is 30.2 Å². The third kappa shape index (κ3) is 6.94. The van der Waals surface area contributed by atoms with Gasteiger partial charge in [0.25, 0.3) is 0 Å². The second-order valence-electron chi connectivity index (χ2n) is 7.36. The number of hydrogen-bond acceptors (Lipinski definition) is 5. The van der Waals surface area contributed by atoms with Gasteiger partial charge in [-0.2, -0.15) is 0 Å². The summed E-state index contributed by atoms with van der Waals surface area (Å²) in [5.41, 5.74) is 7.83. The van der Waals surface area contributed by atoms with E-state index in [1.807, 2.05) is 60.7 Å². The van der Waals surface area contributed by atoms with Crippen molar-refractivity contribution in [1.29, 1.82) is 0 Å². The summed E-state index contributed by atoms with van der Waals surface area (Å²) in [7, 11) is 0. The summed E-state index contributed by atoms with van der Waals surface area (Å²) in [5, 5.41) is 16.2. The number of benzene rings is 3. The molecule has 0 saturated heterocycles. The van der Waals surface area contributed by atoms with Crippen LogP contribution >= 0.6 is 0 Å². The Labute approximate surface area is 187 Å². The molecule has 3 aromatic rings. The minimum absolute atomic E-state index is 0.269. The second-order valence-corrected chi connectivity index (χ2v) is 7.36. The van der Waals surface area contributed by atoms with E-state index in [0.717, 1.165) is 11.1 Å². The Bertz CT molecular complexity index is 984. The van der Waals surface area contributed by atoms with Gasteiger partial charge < -0.3 is 26.2 Å². The van der Waals surface area contributed by atoms with Crippen molar-refractivity contribution < 1.29 is 19.4 Å². The predicted molar refractivity (Wildman–Crippen MR) is 122 cm³/mol. The monoisotopic (exact) mass is 433 g/mol. The van der Waals surface area contributed by atoms with Crippen LogP contribution in [0.25, 0.3) is 0 Å². The fraction of sp³-hybridized carbons (Fsp3) is 0.200. The summed E-state index contributed by atoms with van der Waals surface area (Å²) in [6.07, 6.45) is -1.81. The van der Waals surface area contributed by atoms with Gasteiger partial charge in [0.15, 0.2) is 0 Å². The van der Waals surface area contributed by atoms with Gasteiger partial charge in [-0.3, -0.25) is 4.79 Å². The lowest BCUT2D eigenvalue weighted by Gasteiger charge is -2.27. The van der Waals surface area contributed by atoms with Crippen LogP contribution < -0.4 is 21.1 Å². The predicted octanol–water partition coefficient (Wildman–Crippen LogP) is 2.39. The van der Waals surface area contributed by atoms with E-state index in [1.165, 1.54) is 0 Å². The van der Waals surface area contributed by atoms with Gasteiger partial charge in [0.1, 0.15) is 11.8 Å². The first-order chi connectivity index (χ1) is 15.5. The summed E-state index contributed by atoms with van der Waals surface area (Å²) in [6.45, 7) is 0.285. The van der Waals surface area contributed by atoms with Crippen LogP contribution in [0.2, 0.25) is 0 Å². The van der Waals surface area contributed by atoms with E-state index >= 15 is 0 Å². The molecular formula is C25H27N3O4. The normalized spacial score (nSPS) is 13.4. The molecule has 0 aliphatic rings. The van der Waals surface area contributed by atoms with Crippen LogP contribution in [0.3, 0.4) is 0 Å². The number of nitrogens with one attached hydrogen (secondary N) is 2. The van der Waals surface area contributed by atoms with Gasteiger partial charge in [-0.25, -0.2) is 4.79 Å². The van der Waals surface area contributed by atoms with Crippen LogP contribution in [-0.2, 0) is 17.8 Å². The maximum absolute atomic E-state index is 12.6. The van der Waals surface area contributed by atoms with Gasteiger partial charge in [-0.05, 0) is 29.7 Å². The zero-order chi connectivity index (χ0) is 22.8. The quantitative estimate of drug-likeness (QED) is 0.414. The van der Waals surface area contributed by atoms with Crippen LogP contribution in [0, 0.1) is 0 Å². The first-order valence-corrected chi connectivity index (χ1v) is 10.4. The van der Waals surface area contributed by atoms with E-state index in [-0.39, 0.29) is 13.0 Å². The molecule has 3 aromatic carbocycles. The third-order valence-electron chi connectivity index (χ3n) is 4.95. The largest absolute Gasteiger partial charge is 0.412 e. The van der Waals surface area contributed by atoms with E-state index in [9.17, 15) is 14.7 Å². The van der Waals surface area contributed by atoms with Gasteiger partial charge >= 0.3 is 6.09 Å². The number of ether oxygens (including phenoxy) is 1. The summed E-state index contributed by atoms with van der Waals surface area (Å²) >= 11 is 0. The zero-order valence-electron chi connectivity index (χ0n) is 17.6. The van der Waals surface area contributed by atoms with E-state index in [2.05, 4.69) is 10.6 Å². The Kier molecular flexibility index (Phi) is 8.36. The lowest BCUT2D eigenvalue weighted by Crippen LogP contribution is -2.57. The third-order valence-corrected chi connectivity index (χ3v) is 4.95. The first kappa shape index (κ1) is 23.0. The Hall–Kier alpha value is -3.68. The van der Waals surface area contributed by atoms with E-state index in [1.54, 1.807) is 30.3 Å². The molecule has 32 heavy (non-hydrogen) atoms. The highest BCUT2D eigenvalue weighted by molar-refractivity contribution is 5.82. The van der Waals surface area contributed by atoms with Crippen molar-refractivity contribution >= 4 is 12.0 Å². The van der Waals surface area contributed by atoms with Crippen LogP contribution in [0.1, 0.15) is 11.1 Å². The number of aliphatic hydroxyl groups excluding tert-OH is 1. The molecular weight excluding hydrogens is 406 g/mol. The lowest BCUT2D eigenvalue weighted by molar-refractivity contribution is -0.125. The average molecular weight is 434 g/mol. The maximum atomic E-state index is 12.6. The Balaban J connectivity index is 1.66. The van der Waals surface area contributed by atoms with Crippen molar-refractivity contribution in [1.82, 2.24) is 10.6 Å². The number of aliphatic hydroxyl groups is 1. The molecule has 0 spiro atoms. The second kappa shape index (κ2) is 11.6. The highest BCUT2D eigenvalue weighted by Gasteiger charge is 2.31. The molecule has 0 fully saturated rings. The molecule has 0 unspecified atom stereocenters. The highest BCUT2D eigenvalue weighted by Crippen LogP contribution is 2.12. The number of carbonyl (C=O) groups is 2. The molecule has 7 nitrogen and oxygen atoms in total. The number of nitrogens with two attached hydrogens (primary N) is 1. The van der Waals surface area contributed by atoms with Gasteiger partial charge in [0.05, 0.1) is 12.1 Å². The molecule has 0 bridgehead atoms. The molecule has 0 saturated carbocycles. The maximum Gasteiger partial charge on any atom is 0.412 e. The molecule has 0 aliphatic carbocycles.